The van der Waals surface area contributed by atoms with Gasteiger partial charge in [-0.1, -0.05) is 26.0 Å². The average Bonchev–Trinajstić information content (AvgIpc) is 2.92. The third kappa shape index (κ3) is 3.83. The number of ether oxygens (including phenoxy) is 2. The highest BCUT2D eigenvalue weighted by Crippen LogP contribution is 2.43. The average molecular weight is 358 g/mol. The first-order valence-corrected chi connectivity index (χ1v) is 8.70. The molecule has 9 nitrogen and oxygen atoms in total. The predicted octanol–water partition coefficient (Wildman–Crippen LogP) is 2.05. The molecule has 1 aromatic rings. The molecular formula is C14H18N2O7S. The summed E-state index contributed by atoms with van der Waals surface area (Å²) in [6.07, 6.45) is 0.902. The summed E-state index contributed by atoms with van der Waals surface area (Å²) < 4.78 is 38.2. The van der Waals surface area contributed by atoms with E-state index in [2.05, 4.69) is 4.18 Å². The zero-order valence-electron chi connectivity index (χ0n) is 13.2. The summed E-state index contributed by atoms with van der Waals surface area (Å²) in [5.74, 6) is -0.910. The molecule has 10 heteroatoms. The van der Waals surface area contributed by atoms with Gasteiger partial charge in [-0.25, -0.2) is 9.32 Å². The van der Waals surface area contributed by atoms with Gasteiger partial charge in [-0.15, -0.1) is 0 Å². The minimum Gasteiger partial charge on any atom is -0.450 e. The predicted molar refractivity (Wildman–Crippen MR) is 84.6 cm³/mol. The fraction of sp³-hybridized carbons (Fsp3) is 0.429. The van der Waals surface area contributed by atoms with Crippen LogP contribution in [0.15, 0.2) is 30.0 Å². The fourth-order valence-corrected chi connectivity index (χ4v) is 2.61. The number of nitro groups is 1. The van der Waals surface area contributed by atoms with Gasteiger partial charge in [0.15, 0.2) is 11.5 Å². The highest BCUT2D eigenvalue weighted by atomic mass is 32.2. The van der Waals surface area contributed by atoms with Crippen LogP contribution in [-0.2, 0) is 24.0 Å². The van der Waals surface area contributed by atoms with Crippen molar-refractivity contribution in [2.45, 2.75) is 32.5 Å². The Labute approximate surface area is 139 Å². The van der Waals surface area contributed by atoms with Gasteiger partial charge in [0.2, 0.25) is 0 Å². The number of hydrogen-bond donors (Lipinski definition) is 1. The molecular weight excluding hydrogens is 340 g/mol. The lowest BCUT2D eigenvalue weighted by Gasteiger charge is -2.26. The highest BCUT2D eigenvalue weighted by molar-refractivity contribution is 7.84. The molecule has 1 aliphatic rings. The van der Waals surface area contributed by atoms with E-state index in [1.165, 1.54) is 18.2 Å². The minimum absolute atomic E-state index is 0.0435. The maximum Gasteiger partial charge on any atom is 0.333 e. The number of hydrogen-bond acceptors (Lipinski definition) is 7. The third-order valence-corrected chi connectivity index (χ3v) is 4.07. The maximum atomic E-state index is 11.2. The molecule has 0 amide bonds. The molecule has 1 heterocycles. The number of nitrogens with two attached hydrogens (primary N) is 1. The minimum atomic E-state index is -4.20. The largest absolute Gasteiger partial charge is 0.450 e. The van der Waals surface area contributed by atoms with Crippen LogP contribution < -0.4 is 5.14 Å². The Morgan fingerprint density at radius 1 is 1.25 bits per heavy atom. The lowest BCUT2D eigenvalue weighted by atomic mass is 10.1. The van der Waals surface area contributed by atoms with Gasteiger partial charge in [-0.05, 0) is 6.07 Å². The first kappa shape index (κ1) is 18.2. The molecule has 24 heavy (non-hydrogen) atoms. The van der Waals surface area contributed by atoms with Crippen molar-refractivity contribution in [1.29, 1.82) is 0 Å². The van der Waals surface area contributed by atoms with Crippen molar-refractivity contribution in [2.24, 2.45) is 5.14 Å². The molecule has 1 aromatic carbocycles. The Kier molecular flexibility index (Phi) is 5.11. The van der Waals surface area contributed by atoms with Crippen LogP contribution in [0.3, 0.4) is 0 Å². The fourth-order valence-electron chi connectivity index (χ4n) is 2.33. The van der Waals surface area contributed by atoms with Gasteiger partial charge >= 0.3 is 10.3 Å². The van der Waals surface area contributed by atoms with E-state index >= 15 is 0 Å². The van der Waals surface area contributed by atoms with E-state index in [0.717, 1.165) is 0 Å². The van der Waals surface area contributed by atoms with Gasteiger partial charge < -0.3 is 9.47 Å². The Hall–Kier alpha value is -2.17. The van der Waals surface area contributed by atoms with Gasteiger partial charge in [-0.3, -0.25) is 10.1 Å². The van der Waals surface area contributed by atoms with Crippen molar-refractivity contribution < 1.29 is 27.0 Å². The maximum absolute atomic E-state index is 11.2. The van der Waals surface area contributed by atoms with Crippen LogP contribution in [0.5, 0.6) is 0 Å². The van der Waals surface area contributed by atoms with Gasteiger partial charge in [0, 0.05) is 18.9 Å². The molecule has 0 aliphatic carbocycles. The van der Waals surface area contributed by atoms with Gasteiger partial charge in [0.25, 0.3) is 11.5 Å². The molecule has 0 saturated carbocycles. The van der Waals surface area contributed by atoms with Crippen LogP contribution in [-0.4, -0.2) is 25.7 Å². The molecule has 2 N–H and O–H groups in total. The molecule has 132 valence electrons. The number of para-hydroxylation sites is 1. The second kappa shape index (κ2) is 6.75. The van der Waals surface area contributed by atoms with E-state index in [4.69, 9.17) is 14.6 Å². The van der Waals surface area contributed by atoms with Gasteiger partial charge in [-0.2, -0.15) is 8.42 Å². The van der Waals surface area contributed by atoms with Crippen LogP contribution in [0.4, 0.5) is 5.69 Å². The second-order valence-corrected chi connectivity index (χ2v) is 6.32. The Balaban J connectivity index is 2.49. The zero-order valence-corrected chi connectivity index (χ0v) is 14.0. The number of nitrogens with zero attached hydrogens (tertiary/aromatic N) is 1. The number of rotatable bonds is 7. The molecule has 0 atom stereocenters. The van der Waals surface area contributed by atoms with Crippen molar-refractivity contribution in [3.63, 3.8) is 0 Å². The van der Waals surface area contributed by atoms with Crippen LogP contribution in [0.2, 0.25) is 0 Å². The Bertz CT molecular complexity index is 769. The van der Waals surface area contributed by atoms with E-state index in [1.54, 1.807) is 6.07 Å². The quantitative estimate of drug-likeness (QED) is 0.583. The van der Waals surface area contributed by atoms with Crippen molar-refractivity contribution in [3.05, 3.63) is 45.7 Å². The summed E-state index contributed by atoms with van der Waals surface area (Å²) in [6.45, 7) is 3.13. The van der Waals surface area contributed by atoms with Crippen LogP contribution in [0, 0.1) is 10.1 Å². The Morgan fingerprint density at radius 2 is 1.88 bits per heavy atom. The first-order valence-electron chi connectivity index (χ1n) is 7.23. The van der Waals surface area contributed by atoms with Crippen molar-refractivity contribution in [1.82, 2.24) is 0 Å². The standard InChI is InChI=1S/C14H18N2O7S/c1-3-14(4-2)22-12(9-21-24(15,19)20)13(23-14)10-7-5-6-8-11(10)16(17)18/h5-8H,3-4,9H2,1-2H3,(H2,15,19,20). The van der Waals surface area contributed by atoms with E-state index < -0.39 is 27.6 Å². The molecule has 0 aromatic heterocycles. The summed E-state index contributed by atoms with van der Waals surface area (Å²) in [4.78, 5) is 10.7. The lowest BCUT2D eigenvalue weighted by Crippen LogP contribution is -2.29. The van der Waals surface area contributed by atoms with Gasteiger partial charge in [0.05, 0.1) is 10.5 Å². The topological polar surface area (TPSA) is 131 Å². The van der Waals surface area contributed by atoms with E-state index in [1.807, 2.05) is 13.8 Å². The summed E-state index contributed by atoms with van der Waals surface area (Å²) >= 11 is 0. The molecule has 0 bridgehead atoms. The summed E-state index contributed by atoms with van der Waals surface area (Å²) in [5.41, 5.74) is -0.00786. The second-order valence-electron chi connectivity index (χ2n) is 5.10. The van der Waals surface area contributed by atoms with E-state index in [0.29, 0.717) is 12.8 Å². The summed E-state index contributed by atoms with van der Waals surface area (Å²) in [6, 6.07) is 5.94. The summed E-state index contributed by atoms with van der Waals surface area (Å²) in [7, 11) is -4.20. The third-order valence-electron chi connectivity index (χ3n) is 3.63. The molecule has 2 rings (SSSR count). The monoisotopic (exact) mass is 358 g/mol. The molecule has 0 spiro atoms. The van der Waals surface area contributed by atoms with E-state index in [-0.39, 0.29) is 22.8 Å². The normalized spacial score (nSPS) is 16.6. The van der Waals surface area contributed by atoms with Gasteiger partial charge in [0.1, 0.15) is 6.61 Å². The van der Waals surface area contributed by atoms with Crippen molar-refractivity contribution in [2.75, 3.05) is 6.61 Å². The van der Waals surface area contributed by atoms with Crippen molar-refractivity contribution >= 4 is 21.8 Å². The van der Waals surface area contributed by atoms with Crippen LogP contribution >= 0.6 is 0 Å². The number of nitro benzene ring substituents is 1. The smallest absolute Gasteiger partial charge is 0.333 e. The number of benzene rings is 1. The zero-order chi connectivity index (χ0) is 18.0. The molecule has 1 aliphatic heterocycles. The lowest BCUT2D eigenvalue weighted by molar-refractivity contribution is -0.385. The Morgan fingerprint density at radius 3 is 2.42 bits per heavy atom. The highest BCUT2D eigenvalue weighted by Gasteiger charge is 2.42. The molecule has 0 unspecified atom stereocenters. The SMILES string of the molecule is CCC1(CC)OC(COS(N)(=O)=O)=C(c2ccccc2[N+](=O)[O-])O1. The molecule has 0 fully saturated rings. The summed E-state index contributed by atoms with van der Waals surface area (Å²) in [5, 5.41) is 16.1. The van der Waals surface area contributed by atoms with Crippen LogP contribution in [0.25, 0.3) is 5.76 Å². The molecule has 0 radical (unpaired) electrons. The van der Waals surface area contributed by atoms with Crippen LogP contribution in [0.1, 0.15) is 32.3 Å². The first-order chi connectivity index (χ1) is 11.2. The van der Waals surface area contributed by atoms with E-state index in [9.17, 15) is 18.5 Å². The van der Waals surface area contributed by atoms with Crippen molar-refractivity contribution in [3.8, 4) is 0 Å². The molecule has 0 saturated heterocycles.